The first-order valence-corrected chi connectivity index (χ1v) is 6.31. The van der Waals surface area contributed by atoms with Gasteiger partial charge in [-0.1, -0.05) is 20.3 Å². The molecule has 1 heterocycles. The second kappa shape index (κ2) is 6.86. The lowest BCUT2D eigenvalue weighted by Gasteiger charge is -2.26. The van der Waals surface area contributed by atoms with Crippen LogP contribution in [-0.2, 0) is 4.79 Å². The average molecular weight is 228 g/mol. The standard InChI is InChI=1S/C12H24N2O2/c1-3-4-5-14(6-7-15)12(16)11-9-13-8-10(11)2/h10-11,13,15H,3-9H2,1-2H3. The Balaban J connectivity index is 2.51. The first-order chi connectivity index (χ1) is 7.70. The molecule has 1 amide bonds. The van der Waals surface area contributed by atoms with Crippen molar-refractivity contribution >= 4 is 5.91 Å². The molecule has 2 atom stereocenters. The van der Waals surface area contributed by atoms with Crippen LogP contribution in [0.4, 0.5) is 0 Å². The van der Waals surface area contributed by atoms with E-state index in [2.05, 4.69) is 19.2 Å². The van der Waals surface area contributed by atoms with Crippen LogP contribution in [0.25, 0.3) is 0 Å². The summed E-state index contributed by atoms with van der Waals surface area (Å²) in [7, 11) is 0. The van der Waals surface area contributed by atoms with E-state index in [0.29, 0.717) is 12.5 Å². The third kappa shape index (κ3) is 3.46. The highest BCUT2D eigenvalue weighted by Crippen LogP contribution is 2.18. The summed E-state index contributed by atoms with van der Waals surface area (Å²) >= 11 is 0. The van der Waals surface area contributed by atoms with E-state index in [1.165, 1.54) is 0 Å². The van der Waals surface area contributed by atoms with Crippen molar-refractivity contribution in [3.05, 3.63) is 0 Å². The van der Waals surface area contributed by atoms with Crippen LogP contribution in [0.2, 0.25) is 0 Å². The molecule has 4 nitrogen and oxygen atoms in total. The van der Waals surface area contributed by atoms with Gasteiger partial charge in [0.05, 0.1) is 12.5 Å². The predicted octanol–water partition coefficient (Wildman–Crippen LogP) is 0.463. The molecule has 0 bridgehead atoms. The monoisotopic (exact) mass is 228 g/mol. The summed E-state index contributed by atoms with van der Waals surface area (Å²) in [6.45, 7) is 7.25. The van der Waals surface area contributed by atoms with Gasteiger partial charge < -0.3 is 15.3 Å². The van der Waals surface area contributed by atoms with Crippen LogP contribution >= 0.6 is 0 Å². The topological polar surface area (TPSA) is 52.6 Å². The Bertz CT molecular complexity index is 221. The van der Waals surface area contributed by atoms with Gasteiger partial charge in [-0.2, -0.15) is 0 Å². The summed E-state index contributed by atoms with van der Waals surface area (Å²) in [5.41, 5.74) is 0. The first-order valence-electron chi connectivity index (χ1n) is 6.31. The summed E-state index contributed by atoms with van der Waals surface area (Å²) < 4.78 is 0. The number of aliphatic hydroxyl groups is 1. The fourth-order valence-corrected chi connectivity index (χ4v) is 2.18. The number of carbonyl (C=O) groups is 1. The minimum atomic E-state index is 0.0595. The van der Waals surface area contributed by atoms with Crippen molar-refractivity contribution < 1.29 is 9.90 Å². The van der Waals surface area contributed by atoms with Crippen molar-refractivity contribution in [1.82, 2.24) is 10.2 Å². The predicted molar refractivity (Wildman–Crippen MR) is 64.1 cm³/mol. The highest BCUT2D eigenvalue weighted by Gasteiger charge is 2.32. The number of hydrogen-bond acceptors (Lipinski definition) is 3. The Hall–Kier alpha value is -0.610. The van der Waals surface area contributed by atoms with E-state index in [-0.39, 0.29) is 18.4 Å². The number of rotatable bonds is 6. The zero-order chi connectivity index (χ0) is 12.0. The fourth-order valence-electron chi connectivity index (χ4n) is 2.18. The molecule has 1 saturated heterocycles. The number of nitrogens with one attached hydrogen (secondary N) is 1. The highest BCUT2D eigenvalue weighted by atomic mass is 16.3. The molecule has 94 valence electrons. The van der Waals surface area contributed by atoms with Gasteiger partial charge in [0.15, 0.2) is 0 Å². The highest BCUT2D eigenvalue weighted by molar-refractivity contribution is 5.79. The Kier molecular flexibility index (Phi) is 5.77. The van der Waals surface area contributed by atoms with Gasteiger partial charge in [0.2, 0.25) is 5.91 Å². The number of amides is 1. The lowest BCUT2D eigenvalue weighted by atomic mass is 9.96. The van der Waals surface area contributed by atoms with Gasteiger partial charge in [0.25, 0.3) is 0 Å². The molecule has 1 aliphatic heterocycles. The minimum Gasteiger partial charge on any atom is -0.395 e. The molecule has 0 spiro atoms. The Morgan fingerprint density at radius 3 is 2.69 bits per heavy atom. The van der Waals surface area contributed by atoms with Crippen LogP contribution in [0, 0.1) is 11.8 Å². The Labute approximate surface area is 98.0 Å². The Morgan fingerprint density at radius 1 is 1.44 bits per heavy atom. The van der Waals surface area contributed by atoms with Gasteiger partial charge in [-0.25, -0.2) is 0 Å². The quantitative estimate of drug-likeness (QED) is 0.694. The van der Waals surface area contributed by atoms with Crippen LogP contribution < -0.4 is 5.32 Å². The van der Waals surface area contributed by atoms with Gasteiger partial charge in [0.1, 0.15) is 0 Å². The van der Waals surface area contributed by atoms with Crippen molar-refractivity contribution in [1.29, 1.82) is 0 Å². The largest absolute Gasteiger partial charge is 0.395 e. The average Bonchev–Trinajstić information content (AvgIpc) is 2.69. The molecular formula is C12H24N2O2. The maximum Gasteiger partial charge on any atom is 0.227 e. The minimum absolute atomic E-state index is 0.0595. The lowest BCUT2D eigenvalue weighted by molar-refractivity contribution is -0.136. The number of aliphatic hydroxyl groups excluding tert-OH is 1. The molecule has 1 aliphatic rings. The number of nitrogens with zero attached hydrogens (tertiary/aromatic N) is 1. The van der Waals surface area contributed by atoms with E-state index in [1.54, 1.807) is 0 Å². The van der Waals surface area contributed by atoms with Gasteiger partial charge in [0, 0.05) is 19.6 Å². The molecule has 0 aromatic rings. The molecule has 2 N–H and O–H groups in total. The number of carbonyl (C=O) groups excluding carboxylic acids is 1. The molecule has 0 radical (unpaired) electrons. The van der Waals surface area contributed by atoms with Crippen molar-refractivity contribution in [2.24, 2.45) is 11.8 Å². The first kappa shape index (κ1) is 13.5. The summed E-state index contributed by atoms with van der Waals surface area (Å²) in [5, 5.41) is 12.2. The lowest BCUT2D eigenvalue weighted by Crippen LogP contribution is -2.41. The smallest absolute Gasteiger partial charge is 0.227 e. The van der Waals surface area contributed by atoms with Gasteiger partial charge in [-0.3, -0.25) is 4.79 Å². The summed E-state index contributed by atoms with van der Waals surface area (Å²) in [6, 6.07) is 0. The fraction of sp³-hybridized carbons (Fsp3) is 0.917. The molecule has 0 aliphatic carbocycles. The Morgan fingerprint density at radius 2 is 2.19 bits per heavy atom. The maximum absolute atomic E-state index is 12.2. The van der Waals surface area contributed by atoms with Crippen molar-refractivity contribution in [2.75, 3.05) is 32.8 Å². The molecule has 0 aromatic heterocycles. The molecule has 0 aromatic carbocycles. The van der Waals surface area contributed by atoms with E-state index < -0.39 is 0 Å². The van der Waals surface area contributed by atoms with E-state index in [9.17, 15) is 4.79 Å². The van der Waals surface area contributed by atoms with Crippen LogP contribution in [-0.4, -0.2) is 48.7 Å². The van der Waals surface area contributed by atoms with Crippen molar-refractivity contribution in [3.8, 4) is 0 Å². The molecule has 1 rings (SSSR count). The SMILES string of the molecule is CCCCN(CCO)C(=O)C1CNCC1C. The van der Waals surface area contributed by atoms with Crippen molar-refractivity contribution in [3.63, 3.8) is 0 Å². The van der Waals surface area contributed by atoms with Crippen LogP contribution in [0.5, 0.6) is 0 Å². The van der Waals surface area contributed by atoms with Crippen LogP contribution in [0.1, 0.15) is 26.7 Å². The number of hydrogen-bond donors (Lipinski definition) is 2. The normalized spacial score (nSPS) is 24.7. The third-order valence-electron chi connectivity index (χ3n) is 3.30. The van der Waals surface area contributed by atoms with Gasteiger partial charge >= 0.3 is 0 Å². The van der Waals surface area contributed by atoms with E-state index in [4.69, 9.17) is 5.11 Å². The van der Waals surface area contributed by atoms with E-state index in [1.807, 2.05) is 4.90 Å². The van der Waals surface area contributed by atoms with E-state index in [0.717, 1.165) is 32.5 Å². The van der Waals surface area contributed by atoms with Crippen LogP contribution in [0.3, 0.4) is 0 Å². The molecular weight excluding hydrogens is 204 g/mol. The number of unbranched alkanes of at least 4 members (excludes halogenated alkanes) is 1. The summed E-state index contributed by atoms with van der Waals surface area (Å²) in [4.78, 5) is 14.0. The van der Waals surface area contributed by atoms with Crippen molar-refractivity contribution in [2.45, 2.75) is 26.7 Å². The second-order valence-electron chi connectivity index (χ2n) is 4.64. The van der Waals surface area contributed by atoms with Crippen LogP contribution in [0.15, 0.2) is 0 Å². The zero-order valence-corrected chi connectivity index (χ0v) is 10.4. The second-order valence-corrected chi connectivity index (χ2v) is 4.64. The maximum atomic E-state index is 12.2. The molecule has 16 heavy (non-hydrogen) atoms. The molecule has 4 heteroatoms. The molecule has 2 unspecified atom stereocenters. The molecule has 1 fully saturated rings. The van der Waals surface area contributed by atoms with Gasteiger partial charge in [-0.05, 0) is 18.9 Å². The summed E-state index contributed by atoms with van der Waals surface area (Å²) in [6.07, 6.45) is 2.09. The zero-order valence-electron chi connectivity index (χ0n) is 10.4. The molecule has 0 saturated carbocycles. The van der Waals surface area contributed by atoms with E-state index >= 15 is 0 Å². The van der Waals surface area contributed by atoms with Gasteiger partial charge in [-0.15, -0.1) is 0 Å². The third-order valence-corrected chi connectivity index (χ3v) is 3.30. The summed E-state index contributed by atoms with van der Waals surface area (Å²) in [5.74, 6) is 0.721.